The average Bonchev–Trinajstić information content (AvgIpc) is 3.88. The van der Waals surface area contributed by atoms with E-state index in [0.29, 0.717) is 44.4 Å². The molecule has 0 radical (unpaired) electrons. The summed E-state index contributed by atoms with van der Waals surface area (Å²) >= 11 is 6.37. The number of furan rings is 1. The number of fused-ring (bicyclic) bond motifs is 1. The molecule has 2 heterocycles. The van der Waals surface area contributed by atoms with Crippen molar-refractivity contribution in [2.75, 3.05) is 32.8 Å². The van der Waals surface area contributed by atoms with E-state index >= 15 is 4.79 Å². The van der Waals surface area contributed by atoms with Crippen LogP contribution in [0.25, 0.3) is 11.3 Å². The maximum absolute atomic E-state index is 15.0. The van der Waals surface area contributed by atoms with Crippen molar-refractivity contribution >= 4 is 17.4 Å². The zero-order valence-corrected chi connectivity index (χ0v) is 31.6. The van der Waals surface area contributed by atoms with Crippen LogP contribution in [-0.2, 0) is 10.9 Å². The third-order valence-electron chi connectivity index (χ3n) is 15.0. The normalized spacial score (nSPS) is 39.0. The predicted molar refractivity (Wildman–Crippen MR) is 196 cm³/mol. The highest BCUT2D eigenvalue weighted by molar-refractivity contribution is 6.33. The molecule has 2 bridgehead atoms. The SMILES string of the molecule is CC12CCC(O)CC13C=CC1(C(C(=O)c4ccc(-c5cc(C(F)(F)F)ccc5Cl)o4)=C3)C2CCC2(C)C1CCC2(O)CN(CC(O)CO)CC1CCCO1. The Morgan fingerprint density at radius 3 is 2.50 bits per heavy atom. The number of allylic oxidation sites excluding steroid dienone is 4. The number of rotatable bonds is 10. The second kappa shape index (κ2) is 13.3. The first-order valence-electron chi connectivity index (χ1n) is 19.5. The molecule has 6 aliphatic carbocycles. The Kier molecular flexibility index (Phi) is 9.44. The Hall–Kier alpha value is -2.51. The summed E-state index contributed by atoms with van der Waals surface area (Å²) in [6.07, 6.45) is 6.70. The lowest BCUT2D eigenvalue weighted by Crippen LogP contribution is -2.67. The van der Waals surface area contributed by atoms with E-state index in [1.807, 2.05) is 4.90 Å². The van der Waals surface area contributed by atoms with Crippen LogP contribution >= 0.6 is 11.6 Å². The van der Waals surface area contributed by atoms with Gasteiger partial charge in [0.2, 0.25) is 5.78 Å². The van der Waals surface area contributed by atoms with E-state index in [-0.39, 0.29) is 64.3 Å². The molecular weight excluding hydrogens is 723 g/mol. The van der Waals surface area contributed by atoms with Crippen LogP contribution in [0.1, 0.15) is 87.8 Å². The highest BCUT2D eigenvalue weighted by atomic mass is 35.5. The number of alkyl halides is 3. The molecule has 0 amide bonds. The quantitative estimate of drug-likeness (QED) is 0.148. The number of carbonyl (C=O) groups is 1. The first-order chi connectivity index (χ1) is 25.5. The summed E-state index contributed by atoms with van der Waals surface area (Å²) in [7, 11) is 0. The first-order valence-corrected chi connectivity index (χ1v) is 19.9. The van der Waals surface area contributed by atoms with Crippen LogP contribution < -0.4 is 0 Å². The van der Waals surface area contributed by atoms with E-state index in [9.17, 15) is 33.6 Å². The van der Waals surface area contributed by atoms with Crippen molar-refractivity contribution in [3.63, 3.8) is 0 Å². The van der Waals surface area contributed by atoms with Gasteiger partial charge in [0.25, 0.3) is 0 Å². The molecule has 9 rings (SSSR count). The van der Waals surface area contributed by atoms with Gasteiger partial charge >= 0.3 is 6.18 Å². The van der Waals surface area contributed by atoms with E-state index in [1.54, 1.807) is 0 Å². The Morgan fingerprint density at radius 1 is 1.04 bits per heavy atom. The number of hydrogen-bond donors (Lipinski definition) is 4. The molecule has 1 aromatic heterocycles. The second-order valence-electron chi connectivity index (χ2n) is 17.7. The molecule has 294 valence electrons. The summed E-state index contributed by atoms with van der Waals surface area (Å²) in [5.74, 6) is -0.433. The fraction of sp³-hybridized carbons (Fsp3) is 0.643. The summed E-state index contributed by atoms with van der Waals surface area (Å²) in [6.45, 7) is 5.71. The summed E-state index contributed by atoms with van der Waals surface area (Å²) < 4.78 is 53.0. The number of halogens is 4. The van der Waals surface area contributed by atoms with Crippen molar-refractivity contribution in [3.05, 3.63) is 70.5 Å². The standard InChI is InChI=1S/C42H51ClF3NO7/c1-37-12-9-26(49)19-39(37)15-16-41(30(20-39)36(51)33-8-7-32(54-33)29-18-25(42(44,45)46)5-6-31(29)43)34(37)10-13-38(2)35(41)11-14-40(38,52)24-47(21-27(50)23-48)22-28-4-3-17-53-28/h5-8,15-16,18,20,26-28,34-35,48-50,52H,3-4,9-14,17,19,21-24H2,1-2H3. The van der Waals surface area contributed by atoms with Gasteiger partial charge in [0.15, 0.2) is 5.76 Å². The number of ketones is 1. The molecule has 7 aliphatic rings. The van der Waals surface area contributed by atoms with Gasteiger partial charge in [-0.3, -0.25) is 9.69 Å². The van der Waals surface area contributed by atoms with Crippen LogP contribution in [0, 0.1) is 33.5 Å². The third kappa shape index (κ3) is 5.73. The molecule has 12 heteroatoms. The number of nitrogens with zero attached hydrogens (tertiary/aromatic N) is 1. The molecule has 2 aromatic rings. The molecule has 1 aliphatic heterocycles. The van der Waals surface area contributed by atoms with Crippen LogP contribution in [0.3, 0.4) is 0 Å². The molecular formula is C42H51ClF3NO7. The number of Topliss-reactive ketones (excluding diaryl/α,β-unsaturated/α-hetero) is 1. The van der Waals surface area contributed by atoms with E-state index in [1.165, 1.54) is 18.2 Å². The average molecular weight is 774 g/mol. The fourth-order valence-electron chi connectivity index (χ4n) is 12.2. The Balaban J connectivity index is 1.19. The number of aliphatic hydroxyl groups excluding tert-OH is 3. The predicted octanol–water partition coefficient (Wildman–Crippen LogP) is 7.23. The maximum atomic E-state index is 15.0. The number of hydrogen-bond acceptors (Lipinski definition) is 8. The molecule has 4 fully saturated rings. The molecule has 54 heavy (non-hydrogen) atoms. The Bertz CT molecular complexity index is 1860. The number of carbonyl (C=O) groups excluding carboxylic acids is 1. The molecule has 1 aromatic carbocycles. The summed E-state index contributed by atoms with van der Waals surface area (Å²) in [5, 5.41) is 44.3. The summed E-state index contributed by atoms with van der Waals surface area (Å²) in [5.41, 5.74) is -3.73. The van der Waals surface area contributed by atoms with Crippen molar-refractivity contribution in [2.45, 2.75) is 102 Å². The van der Waals surface area contributed by atoms with Crippen molar-refractivity contribution in [3.8, 4) is 11.3 Å². The van der Waals surface area contributed by atoms with Gasteiger partial charge in [-0.2, -0.15) is 13.2 Å². The van der Waals surface area contributed by atoms with Crippen LogP contribution in [0.4, 0.5) is 13.2 Å². The third-order valence-corrected chi connectivity index (χ3v) is 15.3. The van der Waals surface area contributed by atoms with E-state index in [4.69, 9.17) is 20.8 Å². The lowest BCUT2D eigenvalue weighted by atomic mass is 9.32. The molecule has 2 spiro atoms. The summed E-state index contributed by atoms with van der Waals surface area (Å²) in [4.78, 5) is 17.1. The van der Waals surface area contributed by atoms with Crippen molar-refractivity contribution in [2.24, 2.45) is 33.5 Å². The van der Waals surface area contributed by atoms with Gasteiger partial charge in [0, 0.05) is 53.6 Å². The van der Waals surface area contributed by atoms with Gasteiger partial charge in [-0.25, -0.2) is 0 Å². The van der Waals surface area contributed by atoms with E-state index in [0.717, 1.165) is 44.2 Å². The van der Waals surface area contributed by atoms with Gasteiger partial charge in [-0.1, -0.05) is 43.7 Å². The monoisotopic (exact) mass is 773 g/mol. The van der Waals surface area contributed by atoms with Crippen LogP contribution in [0.15, 0.2) is 58.6 Å². The smallest absolute Gasteiger partial charge is 0.416 e. The van der Waals surface area contributed by atoms with Gasteiger partial charge in [0.05, 0.1) is 41.1 Å². The van der Waals surface area contributed by atoms with Crippen molar-refractivity contribution in [1.82, 2.24) is 4.90 Å². The van der Waals surface area contributed by atoms with Crippen molar-refractivity contribution in [1.29, 1.82) is 0 Å². The van der Waals surface area contributed by atoms with Gasteiger partial charge in [-0.05, 0) is 105 Å². The number of aliphatic hydroxyl groups is 4. The minimum absolute atomic E-state index is 0.00507. The van der Waals surface area contributed by atoms with Gasteiger partial charge in [-0.15, -0.1) is 0 Å². The molecule has 1 saturated heterocycles. The van der Waals surface area contributed by atoms with Crippen LogP contribution in [0.2, 0.25) is 5.02 Å². The van der Waals surface area contributed by atoms with Crippen LogP contribution in [-0.4, -0.2) is 87.9 Å². The fourth-order valence-corrected chi connectivity index (χ4v) is 12.4. The van der Waals surface area contributed by atoms with E-state index in [2.05, 4.69) is 32.1 Å². The Morgan fingerprint density at radius 2 is 1.78 bits per heavy atom. The zero-order valence-electron chi connectivity index (χ0n) is 30.9. The topological polar surface area (TPSA) is 124 Å². The molecule has 10 atom stereocenters. The molecule has 8 nitrogen and oxygen atoms in total. The highest BCUT2D eigenvalue weighted by Crippen LogP contribution is 2.78. The maximum Gasteiger partial charge on any atom is 0.416 e. The minimum Gasteiger partial charge on any atom is -0.453 e. The lowest BCUT2D eigenvalue weighted by molar-refractivity contribution is -0.177. The summed E-state index contributed by atoms with van der Waals surface area (Å²) in [6, 6.07) is 5.99. The number of benzene rings is 1. The minimum atomic E-state index is -4.59. The van der Waals surface area contributed by atoms with Crippen LogP contribution in [0.5, 0.6) is 0 Å². The van der Waals surface area contributed by atoms with Crippen molar-refractivity contribution < 1.29 is 47.5 Å². The van der Waals surface area contributed by atoms with Gasteiger partial charge < -0.3 is 29.6 Å². The first kappa shape index (κ1) is 38.4. The zero-order chi connectivity index (χ0) is 38.5. The largest absolute Gasteiger partial charge is 0.453 e. The number of ether oxygens (including phenoxy) is 1. The molecule has 10 unspecified atom stereocenters. The Labute approximate surface area is 319 Å². The highest BCUT2D eigenvalue weighted by Gasteiger charge is 2.74. The lowest BCUT2D eigenvalue weighted by Gasteiger charge is -2.71. The second-order valence-corrected chi connectivity index (χ2v) is 18.1. The molecule has 4 N–H and O–H groups in total. The van der Waals surface area contributed by atoms with E-state index < -0.39 is 52.4 Å². The van der Waals surface area contributed by atoms with Gasteiger partial charge in [0.1, 0.15) is 5.76 Å². The molecule has 3 saturated carbocycles.